The van der Waals surface area contributed by atoms with Crippen LogP contribution in [0, 0.1) is 5.92 Å². The van der Waals surface area contributed by atoms with Gasteiger partial charge in [-0.25, -0.2) is 0 Å². The van der Waals surface area contributed by atoms with Gasteiger partial charge in [0.15, 0.2) is 0 Å². The number of carbonyl (C=O) groups excluding carboxylic acids is 1. The molecule has 1 aliphatic carbocycles. The maximum atomic E-state index is 11.4. The molecule has 4 heteroatoms. The summed E-state index contributed by atoms with van der Waals surface area (Å²) < 4.78 is 4.67. The number of hydrogen-bond acceptors (Lipinski definition) is 4. The smallest absolute Gasteiger partial charge is 0.315 e. The van der Waals surface area contributed by atoms with Gasteiger partial charge in [0.25, 0.3) is 0 Å². The Kier molecular flexibility index (Phi) is 2.41. The molecule has 1 aromatic carbocycles. The van der Waals surface area contributed by atoms with E-state index in [2.05, 4.69) is 9.89 Å². The zero-order chi connectivity index (χ0) is 10.8. The minimum absolute atomic E-state index is 0.362. The summed E-state index contributed by atoms with van der Waals surface area (Å²) in [5.41, 5.74) is 2.24. The van der Waals surface area contributed by atoms with Gasteiger partial charge in [0.05, 0.1) is 7.11 Å². The highest BCUT2D eigenvalue weighted by Gasteiger charge is 2.34. The van der Waals surface area contributed by atoms with Crippen LogP contribution in [0.4, 0.5) is 0 Å². The van der Waals surface area contributed by atoms with Crippen molar-refractivity contribution < 1.29 is 14.7 Å². The Balaban J connectivity index is 2.42. The van der Waals surface area contributed by atoms with Crippen molar-refractivity contribution in [1.29, 1.82) is 0 Å². The molecule has 0 saturated heterocycles. The average molecular weight is 205 g/mol. The van der Waals surface area contributed by atoms with Crippen LogP contribution in [0.5, 0.6) is 0 Å². The highest BCUT2D eigenvalue weighted by molar-refractivity contribution is 6.15. The van der Waals surface area contributed by atoms with Gasteiger partial charge in [0, 0.05) is 5.56 Å². The molecule has 0 heterocycles. The first kappa shape index (κ1) is 9.71. The van der Waals surface area contributed by atoms with E-state index in [0.29, 0.717) is 12.1 Å². The predicted octanol–water partition coefficient (Wildman–Crippen LogP) is 1.21. The molecule has 15 heavy (non-hydrogen) atoms. The van der Waals surface area contributed by atoms with Crippen molar-refractivity contribution in [2.24, 2.45) is 11.1 Å². The fraction of sp³-hybridized carbons (Fsp3) is 0.273. The molecule has 0 aromatic heterocycles. The molecule has 2 rings (SSSR count). The van der Waals surface area contributed by atoms with Crippen molar-refractivity contribution in [3.63, 3.8) is 0 Å². The average Bonchev–Trinajstić information content (AvgIpc) is 2.66. The molecule has 0 fully saturated rings. The molecule has 0 amide bonds. The van der Waals surface area contributed by atoms with E-state index in [-0.39, 0.29) is 5.97 Å². The summed E-state index contributed by atoms with van der Waals surface area (Å²) in [4.78, 5) is 11.4. The maximum Gasteiger partial charge on any atom is 0.315 e. The zero-order valence-corrected chi connectivity index (χ0v) is 8.30. The van der Waals surface area contributed by atoms with Crippen molar-refractivity contribution in [3.05, 3.63) is 35.4 Å². The van der Waals surface area contributed by atoms with Gasteiger partial charge in [-0.15, -0.1) is 0 Å². The van der Waals surface area contributed by atoms with Crippen molar-refractivity contribution in [3.8, 4) is 0 Å². The molecular formula is C11H11NO3. The molecule has 1 atom stereocenters. The van der Waals surface area contributed by atoms with Crippen LogP contribution < -0.4 is 0 Å². The van der Waals surface area contributed by atoms with Gasteiger partial charge in [0.1, 0.15) is 11.6 Å². The summed E-state index contributed by atoms with van der Waals surface area (Å²) in [6, 6.07) is 7.51. The van der Waals surface area contributed by atoms with E-state index in [1.165, 1.54) is 7.11 Å². The van der Waals surface area contributed by atoms with Gasteiger partial charge in [0.2, 0.25) is 0 Å². The molecule has 1 aliphatic rings. The third-order valence-corrected chi connectivity index (χ3v) is 2.64. The maximum absolute atomic E-state index is 11.4. The molecule has 1 unspecified atom stereocenters. The number of benzene rings is 1. The SMILES string of the molecule is COC(=O)C1Cc2ccccc2/C1=N\O. The third-order valence-electron chi connectivity index (χ3n) is 2.64. The van der Waals surface area contributed by atoms with Gasteiger partial charge in [-0.1, -0.05) is 29.4 Å². The van der Waals surface area contributed by atoms with Gasteiger partial charge < -0.3 is 9.94 Å². The topological polar surface area (TPSA) is 58.9 Å². The number of rotatable bonds is 1. The second-order valence-corrected chi connectivity index (χ2v) is 3.42. The highest BCUT2D eigenvalue weighted by Crippen LogP contribution is 2.27. The molecule has 0 spiro atoms. The van der Waals surface area contributed by atoms with E-state index in [0.717, 1.165) is 11.1 Å². The number of fused-ring (bicyclic) bond motifs is 1. The van der Waals surface area contributed by atoms with Crippen LogP contribution in [0.1, 0.15) is 11.1 Å². The van der Waals surface area contributed by atoms with Crippen molar-refractivity contribution in [2.75, 3.05) is 7.11 Å². The molecule has 0 bridgehead atoms. The zero-order valence-electron chi connectivity index (χ0n) is 8.30. The number of esters is 1. The van der Waals surface area contributed by atoms with E-state index < -0.39 is 5.92 Å². The largest absolute Gasteiger partial charge is 0.468 e. The molecular weight excluding hydrogens is 194 g/mol. The lowest BCUT2D eigenvalue weighted by molar-refractivity contribution is -0.142. The van der Waals surface area contributed by atoms with Crippen LogP contribution in [-0.2, 0) is 16.0 Å². The first-order chi connectivity index (χ1) is 7.27. The Hall–Kier alpha value is -1.84. The van der Waals surface area contributed by atoms with Crippen LogP contribution in [0.15, 0.2) is 29.4 Å². The van der Waals surface area contributed by atoms with Gasteiger partial charge in [-0.3, -0.25) is 4.79 Å². The van der Waals surface area contributed by atoms with E-state index in [4.69, 9.17) is 5.21 Å². The van der Waals surface area contributed by atoms with Crippen molar-refractivity contribution in [2.45, 2.75) is 6.42 Å². The molecule has 0 saturated carbocycles. The number of nitrogens with zero attached hydrogens (tertiary/aromatic N) is 1. The minimum atomic E-state index is -0.475. The Morgan fingerprint density at radius 3 is 2.93 bits per heavy atom. The van der Waals surface area contributed by atoms with Gasteiger partial charge in [-0.05, 0) is 12.0 Å². The van der Waals surface area contributed by atoms with Gasteiger partial charge >= 0.3 is 5.97 Å². The summed E-state index contributed by atoms with van der Waals surface area (Å²) in [7, 11) is 1.33. The first-order valence-corrected chi connectivity index (χ1v) is 4.66. The van der Waals surface area contributed by atoms with Crippen LogP contribution in [-0.4, -0.2) is 24.0 Å². The van der Waals surface area contributed by atoms with E-state index in [9.17, 15) is 4.79 Å². The summed E-state index contributed by atoms with van der Waals surface area (Å²) in [6.07, 6.45) is 0.544. The number of methoxy groups -OCH3 is 1. The number of ether oxygens (including phenoxy) is 1. The minimum Gasteiger partial charge on any atom is -0.468 e. The van der Waals surface area contributed by atoms with Crippen LogP contribution in [0.25, 0.3) is 0 Å². The van der Waals surface area contributed by atoms with Crippen molar-refractivity contribution >= 4 is 11.7 Å². The Labute approximate surface area is 87.2 Å². The molecule has 1 N–H and O–H groups in total. The number of oxime groups is 1. The lowest BCUT2D eigenvalue weighted by Crippen LogP contribution is -2.22. The summed E-state index contributed by atoms with van der Waals surface area (Å²) in [6.45, 7) is 0. The van der Waals surface area contributed by atoms with Gasteiger partial charge in [-0.2, -0.15) is 0 Å². The summed E-state index contributed by atoms with van der Waals surface area (Å²) in [5, 5.41) is 12.1. The molecule has 1 aromatic rings. The van der Waals surface area contributed by atoms with Crippen molar-refractivity contribution in [1.82, 2.24) is 0 Å². The Morgan fingerprint density at radius 1 is 1.53 bits per heavy atom. The molecule has 78 valence electrons. The third kappa shape index (κ3) is 1.48. The molecule has 4 nitrogen and oxygen atoms in total. The lowest BCUT2D eigenvalue weighted by atomic mass is 10.1. The standard InChI is InChI=1S/C11H11NO3/c1-15-11(13)9-6-7-4-2-3-5-8(7)10(9)12-14/h2-5,9,14H,6H2,1H3/b12-10+. The van der Waals surface area contributed by atoms with E-state index in [1.807, 2.05) is 24.3 Å². The summed E-state index contributed by atoms with van der Waals surface area (Å²) in [5.74, 6) is -0.837. The van der Waals surface area contributed by atoms with E-state index in [1.54, 1.807) is 0 Å². The predicted molar refractivity (Wildman–Crippen MR) is 54.0 cm³/mol. The van der Waals surface area contributed by atoms with Crippen LogP contribution in [0.2, 0.25) is 0 Å². The Bertz CT molecular complexity index is 426. The highest BCUT2D eigenvalue weighted by atomic mass is 16.5. The quantitative estimate of drug-likeness (QED) is 0.426. The number of carbonyl (C=O) groups is 1. The fourth-order valence-corrected chi connectivity index (χ4v) is 1.91. The first-order valence-electron chi connectivity index (χ1n) is 4.66. The van der Waals surface area contributed by atoms with E-state index >= 15 is 0 Å². The fourth-order valence-electron chi connectivity index (χ4n) is 1.91. The summed E-state index contributed by atoms with van der Waals surface area (Å²) >= 11 is 0. The normalized spacial score (nSPS) is 21.4. The second-order valence-electron chi connectivity index (χ2n) is 3.42. The molecule has 0 radical (unpaired) electrons. The second kappa shape index (κ2) is 3.73. The lowest BCUT2D eigenvalue weighted by Gasteiger charge is -2.06. The van der Waals surface area contributed by atoms with Crippen LogP contribution >= 0.6 is 0 Å². The number of hydrogen-bond donors (Lipinski definition) is 1. The monoisotopic (exact) mass is 205 g/mol. The molecule has 0 aliphatic heterocycles. The Morgan fingerprint density at radius 2 is 2.27 bits per heavy atom. The van der Waals surface area contributed by atoms with Crippen LogP contribution in [0.3, 0.4) is 0 Å².